The number of rotatable bonds is 4. The first-order valence-electron chi connectivity index (χ1n) is 8.19. The lowest BCUT2D eigenvalue weighted by molar-refractivity contribution is -0.128. The second kappa shape index (κ2) is 7.54. The Labute approximate surface area is 131 Å². The molecular formula is C16H24N4O2. The molecule has 0 radical (unpaired) electrons. The Morgan fingerprint density at radius 3 is 2.68 bits per heavy atom. The van der Waals surface area contributed by atoms with E-state index in [0.717, 1.165) is 51.1 Å². The molecule has 0 bridgehead atoms. The number of piperidine rings is 1. The molecule has 6 nitrogen and oxygen atoms in total. The zero-order chi connectivity index (χ0) is 15.2. The van der Waals surface area contributed by atoms with Gasteiger partial charge in [0, 0.05) is 51.2 Å². The van der Waals surface area contributed by atoms with Crippen molar-refractivity contribution in [2.75, 3.05) is 37.7 Å². The summed E-state index contributed by atoms with van der Waals surface area (Å²) in [5.74, 6) is 1.87. The van der Waals surface area contributed by atoms with Crippen molar-refractivity contribution in [3.63, 3.8) is 0 Å². The molecule has 0 atom stereocenters. The summed E-state index contributed by atoms with van der Waals surface area (Å²) in [7, 11) is 0. The summed E-state index contributed by atoms with van der Waals surface area (Å²) in [4.78, 5) is 22.9. The first kappa shape index (κ1) is 15.2. The summed E-state index contributed by atoms with van der Waals surface area (Å²) in [6, 6.07) is 0. The molecule has 2 aliphatic heterocycles. The highest BCUT2D eigenvalue weighted by Crippen LogP contribution is 2.21. The quantitative estimate of drug-likeness (QED) is 0.906. The fourth-order valence-electron chi connectivity index (χ4n) is 3.17. The van der Waals surface area contributed by atoms with Crippen molar-refractivity contribution in [3.05, 3.63) is 18.6 Å². The van der Waals surface area contributed by atoms with Crippen LogP contribution in [-0.2, 0) is 9.53 Å². The molecule has 0 saturated carbocycles. The fraction of sp³-hybridized carbons (Fsp3) is 0.688. The number of amides is 1. The number of aromatic nitrogens is 2. The van der Waals surface area contributed by atoms with Crippen LogP contribution in [0.4, 0.5) is 5.82 Å². The Morgan fingerprint density at radius 2 is 2.00 bits per heavy atom. The fourth-order valence-corrected chi connectivity index (χ4v) is 3.17. The van der Waals surface area contributed by atoms with Gasteiger partial charge in [0.2, 0.25) is 5.91 Å². The highest BCUT2D eigenvalue weighted by molar-refractivity contribution is 5.78. The second-order valence-corrected chi connectivity index (χ2v) is 6.13. The van der Waals surface area contributed by atoms with Crippen LogP contribution < -0.4 is 10.2 Å². The molecule has 6 heteroatoms. The van der Waals surface area contributed by atoms with Gasteiger partial charge in [0.25, 0.3) is 0 Å². The molecule has 1 amide bonds. The van der Waals surface area contributed by atoms with Crippen molar-refractivity contribution in [2.45, 2.75) is 25.7 Å². The van der Waals surface area contributed by atoms with Crippen LogP contribution in [0.1, 0.15) is 25.7 Å². The van der Waals surface area contributed by atoms with Crippen LogP contribution in [0.2, 0.25) is 0 Å². The van der Waals surface area contributed by atoms with E-state index >= 15 is 0 Å². The van der Waals surface area contributed by atoms with Gasteiger partial charge in [-0.1, -0.05) is 0 Å². The summed E-state index contributed by atoms with van der Waals surface area (Å²) in [5, 5.41) is 3.14. The molecule has 0 spiro atoms. The highest BCUT2D eigenvalue weighted by Gasteiger charge is 2.24. The van der Waals surface area contributed by atoms with E-state index in [9.17, 15) is 4.79 Å². The number of hydrogen-bond acceptors (Lipinski definition) is 5. The summed E-state index contributed by atoms with van der Waals surface area (Å²) < 4.78 is 5.30. The number of carbonyl (C=O) groups excluding carboxylic acids is 1. The number of nitrogens with zero attached hydrogens (tertiary/aromatic N) is 3. The number of carbonyl (C=O) groups is 1. The van der Waals surface area contributed by atoms with Crippen molar-refractivity contribution in [2.24, 2.45) is 11.8 Å². The van der Waals surface area contributed by atoms with Crippen molar-refractivity contribution in [1.82, 2.24) is 15.3 Å². The third kappa shape index (κ3) is 3.94. The van der Waals surface area contributed by atoms with Gasteiger partial charge in [-0.25, -0.2) is 4.98 Å². The lowest BCUT2D eigenvalue weighted by Gasteiger charge is -2.33. The van der Waals surface area contributed by atoms with E-state index < -0.39 is 0 Å². The Hall–Kier alpha value is -1.69. The predicted molar refractivity (Wildman–Crippen MR) is 83.5 cm³/mol. The van der Waals surface area contributed by atoms with Crippen LogP contribution in [0.25, 0.3) is 0 Å². The van der Waals surface area contributed by atoms with Gasteiger partial charge in [-0.05, 0) is 31.6 Å². The lowest BCUT2D eigenvalue weighted by atomic mass is 9.95. The zero-order valence-electron chi connectivity index (χ0n) is 12.9. The minimum Gasteiger partial charge on any atom is -0.381 e. The smallest absolute Gasteiger partial charge is 0.223 e. The SMILES string of the molecule is O=C(NCC1CCN(c2cnccn2)CC1)C1CCOCC1. The van der Waals surface area contributed by atoms with Crippen molar-refractivity contribution >= 4 is 11.7 Å². The van der Waals surface area contributed by atoms with Gasteiger partial charge < -0.3 is 15.0 Å². The molecular weight excluding hydrogens is 280 g/mol. The number of anilines is 1. The maximum absolute atomic E-state index is 12.1. The van der Waals surface area contributed by atoms with Gasteiger partial charge in [0.1, 0.15) is 5.82 Å². The Bertz CT molecular complexity index is 468. The van der Waals surface area contributed by atoms with E-state index in [1.807, 2.05) is 6.20 Å². The number of ether oxygens (including phenoxy) is 1. The summed E-state index contributed by atoms with van der Waals surface area (Å²) in [6.45, 7) is 4.20. The largest absolute Gasteiger partial charge is 0.381 e. The molecule has 0 aliphatic carbocycles. The van der Waals surface area contributed by atoms with Crippen LogP contribution >= 0.6 is 0 Å². The second-order valence-electron chi connectivity index (χ2n) is 6.13. The normalized spacial score (nSPS) is 20.8. The molecule has 0 unspecified atom stereocenters. The molecule has 120 valence electrons. The van der Waals surface area contributed by atoms with Gasteiger partial charge >= 0.3 is 0 Å². The van der Waals surface area contributed by atoms with Crippen molar-refractivity contribution in [1.29, 1.82) is 0 Å². The van der Waals surface area contributed by atoms with Gasteiger partial charge in [-0.2, -0.15) is 0 Å². The number of hydrogen-bond donors (Lipinski definition) is 1. The molecule has 2 aliphatic rings. The summed E-state index contributed by atoms with van der Waals surface area (Å²) >= 11 is 0. The Morgan fingerprint density at radius 1 is 1.23 bits per heavy atom. The first-order valence-corrected chi connectivity index (χ1v) is 8.19. The lowest BCUT2D eigenvalue weighted by Crippen LogP contribution is -2.41. The third-order valence-electron chi connectivity index (χ3n) is 4.65. The summed E-state index contributed by atoms with van der Waals surface area (Å²) in [5.41, 5.74) is 0. The molecule has 3 rings (SSSR count). The average molecular weight is 304 g/mol. The van der Waals surface area contributed by atoms with E-state index in [0.29, 0.717) is 19.1 Å². The van der Waals surface area contributed by atoms with Crippen molar-refractivity contribution in [3.8, 4) is 0 Å². The van der Waals surface area contributed by atoms with Crippen LogP contribution in [-0.4, -0.2) is 48.7 Å². The minimum absolute atomic E-state index is 0.147. The molecule has 22 heavy (non-hydrogen) atoms. The van der Waals surface area contributed by atoms with Crippen LogP contribution in [0.3, 0.4) is 0 Å². The van der Waals surface area contributed by atoms with Crippen LogP contribution in [0, 0.1) is 11.8 Å². The molecule has 1 aromatic heterocycles. The average Bonchev–Trinajstić information content (AvgIpc) is 2.61. The van der Waals surface area contributed by atoms with E-state index in [2.05, 4.69) is 20.2 Å². The van der Waals surface area contributed by atoms with Crippen molar-refractivity contribution < 1.29 is 9.53 Å². The Balaban J connectivity index is 1.39. The van der Waals surface area contributed by atoms with E-state index in [4.69, 9.17) is 4.74 Å². The topological polar surface area (TPSA) is 67.4 Å². The van der Waals surface area contributed by atoms with Gasteiger partial charge in [-0.3, -0.25) is 9.78 Å². The van der Waals surface area contributed by atoms with Gasteiger partial charge in [0.05, 0.1) is 6.20 Å². The molecule has 1 aromatic rings. The molecule has 3 heterocycles. The monoisotopic (exact) mass is 304 g/mol. The molecule has 0 aromatic carbocycles. The summed E-state index contributed by atoms with van der Waals surface area (Å²) in [6.07, 6.45) is 9.13. The number of nitrogens with one attached hydrogen (secondary N) is 1. The molecule has 2 fully saturated rings. The third-order valence-corrected chi connectivity index (χ3v) is 4.65. The maximum Gasteiger partial charge on any atom is 0.223 e. The zero-order valence-corrected chi connectivity index (χ0v) is 12.9. The maximum atomic E-state index is 12.1. The van der Waals surface area contributed by atoms with Gasteiger partial charge in [-0.15, -0.1) is 0 Å². The van der Waals surface area contributed by atoms with Crippen LogP contribution in [0.15, 0.2) is 18.6 Å². The minimum atomic E-state index is 0.147. The first-order chi connectivity index (χ1) is 10.8. The van der Waals surface area contributed by atoms with E-state index in [-0.39, 0.29) is 11.8 Å². The molecule has 2 saturated heterocycles. The molecule has 1 N–H and O–H groups in total. The Kier molecular flexibility index (Phi) is 5.21. The standard InChI is InChI=1S/C16H24N4O2/c21-16(14-3-9-22-10-4-14)19-11-13-1-7-20(8-2-13)15-12-17-5-6-18-15/h5-6,12-14H,1-4,7-11H2,(H,19,21). The van der Waals surface area contributed by atoms with Crippen LogP contribution in [0.5, 0.6) is 0 Å². The van der Waals surface area contributed by atoms with E-state index in [1.54, 1.807) is 12.4 Å². The van der Waals surface area contributed by atoms with E-state index in [1.165, 1.54) is 0 Å². The van der Waals surface area contributed by atoms with Gasteiger partial charge in [0.15, 0.2) is 0 Å². The highest BCUT2D eigenvalue weighted by atomic mass is 16.5. The predicted octanol–water partition coefficient (Wildman–Crippen LogP) is 1.24.